The van der Waals surface area contributed by atoms with Gasteiger partial charge in [0.15, 0.2) is 0 Å². The molecule has 4 nitrogen and oxygen atoms in total. The van der Waals surface area contributed by atoms with Gasteiger partial charge in [0.05, 0.1) is 10.7 Å². The molecule has 0 saturated heterocycles. The molecule has 0 amide bonds. The minimum atomic E-state index is -0.933. The fourth-order valence-electron chi connectivity index (χ4n) is 2.62. The summed E-state index contributed by atoms with van der Waals surface area (Å²) >= 11 is 1.75. The Labute approximate surface area is 129 Å². The Morgan fingerprint density at radius 1 is 1.48 bits per heavy atom. The van der Waals surface area contributed by atoms with Gasteiger partial charge in [0, 0.05) is 30.0 Å². The van der Waals surface area contributed by atoms with E-state index >= 15 is 0 Å². The highest BCUT2D eigenvalue weighted by Gasteiger charge is 2.28. The first-order valence-corrected chi connectivity index (χ1v) is 8.28. The third-order valence-electron chi connectivity index (χ3n) is 3.89. The molecule has 2 N–H and O–H groups in total. The Bertz CT molecular complexity index is 626. The number of aromatic nitrogens is 1. The van der Waals surface area contributed by atoms with Gasteiger partial charge in [-0.05, 0) is 39.7 Å². The van der Waals surface area contributed by atoms with Crippen LogP contribution in [0.5, 0.6) is 0 Å². The topological polar surface area (TPSA) is 58.3 Å². The molecule has 114 valence electrons. The number of aliphatic hydroxyl groups is 1. The number of nitrogens with one attached hydrogen (secondary N) is 1. The molecule has 2 aromatic rings. The minimum Gasteiger partial charge on any atom is -0.466 e. The molecule has 2 aromatic heterocycles. The molecule has 1 atom stereocenters. The summed E-state index contributed by atoms with van der Waals surface area (Å²) in [6, 6.07) is 1.91. The number of thiazole rings is 1. The lowest BCUT2D eigenvalue weighted by Gasteiger charge is -2.23. The molecule has 0 aliphatic heterocycles. The standard InChI is InChI=1S/C16H22N2O2S/c1-10-6-14(11(2)20-10)16(3,19)9-17-7-13-8-21-15(18-13)12-4-5-12/h6,8,12,17,19H,4-5,7,9H2,1-3H3. The van der Waals surface area contributed by atoms with E-state index in [0.717, 1.165) is 22.8 Å². The van der Waals surface area contributed by atoms with Crippen molar-refractivity contribution in [2.45, 2.75) is 51.7 Å². The van der Waals surface area contributed by atoms with Crippen LogP contribution in [0.1, 0.15) is 53.5 Å². The molecular weight excluding hydrogens is 284 g/mol. The van der Waals surface area contributed by atoms with E-state index in [9.17, 15) is 5.11 Å². The van der Waals surface area contributed by atoms with Crippen molar-refractivity contribution in [3.8, 4) is 0 Å². The zero-order valence-electron chi connectivity index (χ0n) is 12.8. The van der Waals surface area contributed by atoms with E-state index in [2.05, 4.69) is 15.7 Å². The first-order chi connectivity index (χ1) is 9.95. The Morgan fingerprint density at radius 2 is 2.24 bits per heavy atom. The van der Waals surface area contributed by atoms with Crippen molar-refractivity contribution < 1.29 is 9.52 Å². The average molecular weight is 306 g/mol. The molecule has 1 fully saturated rings. The molecule has 0 spiro atoms. The Hall–Kier alpha value is -1.17. The van der Waals surface area contributed by atoms with Crippen molar-refractivity contribution in [3.63, 3.8) is 0 Å². The molecule has 1 aliphatic rings. The number of hydrogen-bond acceptors (Lipinski definition) is 5. The van der Waals surface area contributed by atoms with Gasteiger partial charge >= 0.3 is 0 Å². The second kappa shape index (κ2) is 5.55. The predicted octanol–water partition coefficient (Wildman–Crippen LogP) is 3.23. The number of hydrogen-bond donors (Lipinski definition) is 2. The monoisotopic (exact) mass is 306 g/mol. The van der Waals surface area contributed by atoms with Crippen LogP contribution >= 0.6 is 11.3 Å². The summed E-state index contributed by atoms with van der Waals surface area (Å²) in [5, 5.41) is 17.3. The maximum Gasteiger partial charge on any atom is 0.107 e. The number of furan rings is 1. The lowest BCUT2D eigenvalue weighted by atomic mass is 9.96. The van der Waals surface area contributed by atoms with E-state index in [-0.39, 0.29) is 0 Å². The summed E-state index contributed by atoms with van der Waals surface area (Å²) in [6.45, 7) is 6.76. The van der Waals surface area contributed by atoms with Crippen molar-refractivity contribution in [2.75, 3.05) is 6.54 Å². The van der Waals surface area contributed by atoms with Gasteiger partial charge in [0.1, 0.15) is 17.1 Å². The molecule has 1 aliphatic carbocycles. The summed E-state index contributed by atoms with van der Waals surface area (Å²) in [5.74, 6) is 2.32. The lowest BCUT2D eigenvalue weighted by molar-refractivity contribution is 0.0551. The fourth-order valence-corrected chi connectivity index (χ4v) is 3.61. The summed E-state index contributed by atoms with van der Waals surface area (Å²) in [7, 11) is 0. The molecule has 0 bridgehead atoms. The van der Waals surface area contributed by atoms with Crippen molar-refractivity contribution in [1.82, 2.24) is 10.3 Å². The highest BCUT2D eigenvalue weighted by Crippen LogP contribution is 2.41. The quantitative estimate of drug-likeness (QED) is 0.860. The van der Waals surface area contributed by atoms with Gasteiger partial charge in [-0.25, -0.2) is 4.98 Å². The fraction of sp³-hybridized carbons (Fsp3) is 0.562. The Morgan fingerprint density at radius 3 is 2.86 bits per heavy atom. The van der Waals surface area contributed by atoms with Crippen LogP contribution in [-0.2, 0) is 12.1 Å². The van der Waals surface area contributed by atoms with Crippen LogP contribution in [0.15, 0.2) is 15.9 Å². The molecule has 1 saturated carbocycles. The van der Waals surface area contributed by atoms with E-state index in [1.807, 2.05) is 26.8 Å². The van der Waals surface area contributed by atoms with Crippen molar-refractivity contribution in [1.29, 1.82) is 0 Å². The highest BCUT2D eigenvalue weighted by molar-refractivity contribution is 7.09. The molecule has 1 unspecified atom stereocenters. The molecule has 0 aromatic carbocycles. The average Bonchev–Trinajstić information content (AvgIpc) is 3.05. The smallest absolute Gasteiger partial charge is 0.107 e. The summed E-state index contributed by atoms with van der Waals surface area (Å²) in [4.78, 5) is 4.64. The van der Waals surface area contributed by atoms with Gasteiger partial charge in [0.2, 0.25) is 0 Å². The van der Waals surface area contributed by atoms with Crippen LogP contribution in [0, 0.1) is 13.8 Å². The van der Waals surface area contributed by atoms with Gasteiger partial charge < -0.3 is 14.8 Å². The second-order valence-electron chi connectivity index (χ2n) is 6.16. The number of aryl methyl sites for hydroxylation is 2. The van der Waals surface area contributed by atoms with Crippen LogP contribution in [0.3, 0.4) is 0 Å². The zero-order valence-corrected chi connectivity index (χ0v) is 13.6. The molecule has 0 radical (unpaired) electrons. The van der Waals surface area contributed by atoms with Crippen LogP contribution in [0.2, 0.25) is 0 Å². The summed E-state index contributed by atoms with van der Waals surface area (Å²) < 4.78 is 5.50. The van der Waals surface area contributed by atoms with E-state index in [1.54, 1.807) is 11.3 Å². The number of rotatable bonds is 6. The molecule has 2 heterocycles. The third kappa shape index (κ3) is 3.36. The second-order valence-corrected chi connectivity index (χ2v) is 7.05. The van der Waals surface area contributed by atoms with Crippen LogP contribution in [-0.4, -0.2) is 16.6 Å². The lowest BCUT2D eigenvalue weighted by Crippen LogP contribution is -2.35. The summed E-state index contributed by atoms with van der Waals surface area (Å²) in [5.41, 5.74) is 0.985. The van der Waals surface area contributed by atoms with Gasteiger partial charge in [0.25, 0.3) is 0 Å². The maximum absolute atomic E-state index is 10.6. The number of nitrogens with zero attached hydrogens (tertiary/aromatic N) is 1. The van der Waals surface area contributed by atoms with Crippen molar-refractivity contribution >= 4 is 11.3 Å². The van der Waals surface area contributed by atoms with Crippen LogP contribution in [0.4, 0.5) is 0 Å². The molecule has 5 heteroatoms. The van der Waals surface area contributed by atoms with Crippen LogP contribution in [0.25, 0.3) is 0 Å². The SMILES string of the molecule is Cc1cc(C(C)(O)CNCc2csc(C3CC3)n2)c(C)o1. The van der Waals surface area contributed by atoms with Crippen LogP contribution < -0.4 is 5.32 Å². The van der Waals surface area contributed by atoms with E-state index < -0.39 is 5.60 Å². The first kappa shape index (κ1) is 14.8. The molecule has 3 rings (SSSR count). The van der Waals surface area contributed by atoms with E-state index in [0.29, 0.717) is 19.0 Å². The molecule has 21 heavy (non-hydrogen) atoms. The van der Waals surface area contributed by atoms with E-state index in [1.165, 1.54) is 17.8 Å². The Balaban J connectivity index is 1.57. The summed E-state index contributed by atoms with van der Waals surface area (Å²) in [6.07, 6.45) is 2.57. The van der Waals surface area contributed by atoms with E-state index in [4.69, 9.17) is 4.42 Å². The maximum atomic E-state index is 10.6. The van der Waals surface area contributed by atoms with Gasteiger partial charge in [-0.1, -0.05) is 0 Å². The van der Waals surface area contributed by atoms with Crippen molar-refractivity contribution in [2.24, 2.45) is 0 Å². The third-order valence-corrected chi connectivity index (χ3v) is 4.95. The van der Waals surface area contributed by atoms with Gasteiger partial charge in [-0.3, -0.25) is 0 Å². The van der Waals surface area contributed by atoms with Gasteiger partial charge in [-0.2, -0.15) is 0 Å². The molecular formula is C16H22N2O2S. The predicted molar refractivity (Wildman–Crippen MR) is 83.5 cm³/mol. The van der Waals surface area contributed by atoms with Gasteiger partial charge in [-0.15, -0.1) is 11.3 Å². The largest absolute Gasteiger partial charge is 0.466 e. The Kier molecular flexibility index (Phi) is 3.90. The first-order valence-electron chi connectivity index (χ1n) is 7.40. The zero-order chi connectivity index (χ0) is 15.0. The van der Waals surface area contributed by atoms with Crippen molar-refractivity contribution in [3.05, 3.63) is 39.2 Å². The highest BCUT2D eigenvalue weighted by atomic mass is 32.1. The minimum absolute atomic E-state index is 0.475. The normalized spacial score (nSPS) is 17.9.